The Morgan fingerprint density at radius 3 is 2.84 bits per heavy atom. The van der Waals surface area contributed by atoms with E-state index >= 15 is 0 Å². The third-order valence-corrected chi connectivity index (χ3v) is 3.63. The number of rotatable bonds is 5. The molecule has 0 spiro atoms. The summed E-state index contributed by atoms with van der Waals surface area (Å²) in [6.45, 7) is 3.24. The molecule has 0 bridgehead atoms. The van der Waals surface area contributed by atoms with Gasteiger partial charge < -0.3 is 20.0 Å². The lowest BCUT2D eigenvalue weighted by Gasteiger charge is -2.37. The van der Waals surface area contributed by atoms with Crippen LogP contribution in [0.5, 0.6) is 0 Å². The number of aliphatic hydroxyl groups excluding tert-OH is 1. The minimum Gasteiger partial charge on any atom is -0.395 e. The van der Waals surface area contributed by atoms with Crippen LogP contribution < -0.4 is 0 Å². The zero-order valence-electron chi connectivity index (χ0n) is 11.3. The van der Waals surface area contributed by atoms with Crippen LogP contribution in [0.25, 0.3) is 0 Å². The van der Waals surface area contributed by atoms with Crippen molar-refractivity contribution in [3.05, 3.63) is 35.9 Å². The first-order chi connectivity index (χ1) is 9.14. The Kier molecular flexibility index (Phi) is 4.69. The molecule has 4 nitrogen and oxygen atoms in total. The van der Waals surface area contributed by atoms with E-state index < -0.39 is 5.41 Å². The molecule has 2 N–H and O–H groups in total. The fourth-order valence-corrected chi connectivity index (χ4v) is 2.21. The highest BCUT2D eigenvalue weighted by Gasteiger charge is 2.36. The van der Waals surface area contributed by atoms with Crippen molar-refractivity contribution in [1.82, 2.24) is 0 Å². The van der Waals surface area contributed by atoms with Gasteiger partial charge in [-0.15, -0.1) is 0 Å². The zero-order valence-corrected chi connectivity index (χ0v) is 11.3. The molecule has 2 atom stereocenters. The zero-order chi connectivity index (χ0) is 13.7. The molecule has 0 aliphatic carbocycles. The largest absolute Gasteiger partial charge is 0.395 e. The average Bonchev–Trinajstić information content (AvgIpc) is 2.44. The standard InChI is InChI=1S/C15H21NO3/c1-15(11-17)7-13(19-10-14(15)16)9-18-8-12-5-3-2-4-6-12/h2-6,13,16-17H,7-11H2,1H3/t13-,15+/m1/s1. The van der Waals surface area contributed by atoms with Crippen LogP contribution >= 0.6 is 0 Å². The average molecular weight is 263 g/mol. The molecule has 1 heterocycles. The first-order valence-electron chi connectivity index (χ1n) is 6.56. The summed E-state index contributed by atoms with van der Waals surface area (Å²) >= 11 is 0. The van der Waals surface area contributed by atoms with E-state index in [4.69, 9.17) is 14.9 Å². The van der Waals surface area contributed by atoms with Crippen LogP contribution in [-0.2, 0) is 16.1 Å². The molecule has 0 amide bonds. The van der Waals surface area contributed by atoms with Gasteiger partial charge in [0.25, 0.3) is 0 Å². The van der Waals surface area contributed by atoms with Crippen molar-refractivity contribution >= 4 is 5.71 Å². The molecule has 1 aromatic carbocycles. The van der Waals surface area contributed by atoms with Crippen molar-refractivity contribution < 1.29 is 14.6 Å². The van der Waals surface area contributed by atoms with Gasteiger partial charge in [-0.2, -0.15) is 0 Å². The van der Waals surface area contributed by atoms with E-state index in [1.54, 1.807) is 0 Å². The predicted octanol–water partition coefficient (Wildman–Crippen LogP) is 2.01. The van der Waals surface area contributed by atoms with Crippen molar-refractivity contribution in [2.24, 2.45) is 5.41 Å². The Bertz CT molecular complexity index is 421. The van der Waals surface area contributed by atoms with Crippen molar-refractivity contribution in [3.63, 3.8) is 0 Å². The third-order valence-electron chi connectivity index (χ3n) is 3.63. The lowest BCUT2D eigenvalue weighted by atomic mass is 9.79. The normalized spacial score (nSPS) is 27.5. The highest BCUT2D eigenvalue weighted by atomic mass is 16.5. The van der Waals surface area contributed by atoms with Crippen LogP contribution in [0.15, 0.2) is 30.3 Å². The maximum absolute atomic E-state index is 9.40. The Morgan fingerprint density at radius 2 is 2.16 bits per heavy atom. The summed E-state index contributed by atoms with van der Waals surface area (Å²) in [5.74, 6) is 0. The summed E-state index contributed by atoms with van der Waals surface area (Å²) in [5.41, 5.74) is 1.14. The Balaban J connectivity index is 1.79. The molecular weight excluding hydrogens is 242 g/mol. The van der Waals surface area contributed by atoms with Crippen molar-refractivity contribution in [2.75, 3.05) is 19.8 Å². The Labute approximate surface area is 113 Å². The van der Waals surface area contributed by atoms with Gasteiger partial charge in [-0.05, 0) is 12.0 Å². The molecule has 1 aromatic rings. The maximum atomic E-state index is 9.40. The van der Waals surface area contributed by atoms with E-state index in [2.05, 4.69) is 0 Å². The van der Waals surface area contributed by atoms with Crippen LogP contribution in [0.1, 0.15) is 18.9 Å². The van der Waals surface area contributed by atoms with Gasteiger partial charge in [0.15, 0.2) is 0 Å². The van der Waals surface area contributed by atoms with E-state index in [0.717, 1.165) is 5.56 Å². The van der Waals surface area contributed by atoms with Gasteiger partial charge in [-0.25, -0.2) is 0 Å². The van der Waals surface area contributed by atoms with E-state index in [9.17, 15) is 5.11 Å². The van der Waals surface area contributed by atoms with E-state index in [-0.39, 0.29) is 19.3 Å². The summed E-state index contributed by atoms with van der Waals surface area (Å²) in [4.78, 5) is 0. The summed E-state index contributed by atoms with van der Waals surface area (Å²) in [6.07, 6.45) is 0.590. The monoisotopic (exact) mass is 263 g/mol. The predicted molar refractivity (Wildman–Crippen MR) is 73.4 cm³/mol. The molecule has 1 saturated heterocycles. The molecule has 0 unspecified atom stereocenters. The fraction of sp³-hybridized carbons (Fsp3) is 0.533. The maximum Gasteiger partial charge on any atom is 0.0852 e. The number of hydrogen-bond donors (Lipinski definition) is 2. The van der Waals surface area contributed by atoms with Gasteiger partial charge in [0, 0.05) is 11.1 Å². The fourth-order valence-electron chi connectivity index (χ4n) is 2.21. The van der Waals surface area contributed by atoms with Crippen molar-refractivity contribution in [1.29, 1.82) is 5.41 Å². The Morgan fingerprint density at radius 1 is 1.42 bits per heavy atom. The lowest BCUT2D eigenvalue weighted by Crippen LogP contribution is -2.45. The SMILES string of the molecule is C[C@@]1(CO)C[C@H](COCc2ccccc2)OCC1=N. The molecule has 1 aliphatic heterocycles. The minimum atomic E-state index is -0.459. The third kappa shape index (κ3) is 3.62. The van der Waals surface area contributed by atoms with Gasteiger partial charge in [0.05, 0.1) is 32.5 Å². The van der Waals surface area contributed by atoms with Gasteiger partial charge in [0.2, 0.25) is 0 Å². The molecule has 19 heavy (non-hydrogen) atoms. The number of hydrogen-bond acceptors (Lipinski definition) is 4. The highest BCUT2D eigenvalue weighted by Crippen LogP contribution is 2.30. The van der Waals surface area contributed by atoms with Gasteiger partial charge >= 0.3 is 0 Å². The quantitative estimate of drug-likeness (QED) is 0.854. The molecule has 0 radical (unpaired) electrons. The van der Waals surface area contributed by atoms with Crippen molar-refractivity contribution in [2.45, 2.75) is 26.1 Å². The second-order valence-electron chi connectivity index (χ2n) is 5.34. The molecule has 4 heteroatoms. The molecular formula is C15H21NO3. The van der Waals surface area contributed by atoms with Gasteiger partial charge in [-0.3, -0.25) is 0 Å². The second kappa shape index (κ2) is 6.28. The minimum absolute atomic E-state index is 0.00955. The van der Waals surface area contributed by atoms with Crippen LogP contribution in [0.4, 0.5) is 0 Å². The molecule has 2 rings (SSSR count). The number of benzene rings is 1. The van der Waals surface area contributed by atoms with Crippen molar-refractivity contribution in [3.8, 4) is 0 Å². The number of nitrogens with one attached hydrogen (secondary N) is 1. The summed E-state index contributed by atoms with van der Waals surface area (Å²) in [7, 11) is 0. The topological polar surface area (TPSA) is 62.5 Å². The Hall–Kier alpha value is -1.23. The molecule has 0 saturated carbocycles. The van der Waals surface area contributed by atoms with E-state index in [1.807, 2.05) is 37.3 Å². The van der Waals surface area contributed by atoms with Gasteiger partial charge in [-0.1, -0.05) is 37.3 Å². The summed E-state index contributed by atoms with van der Waals surface area (Å²) in [5, 5.41) is 17.2. The number of ether oxygens (including phenoxy) is 2. The molecule has 1 fully saturated rings. The van der Waals surface area contributed by atoms with Crippen LogP contribution in [0.3, 0.4) is 0 Å². The van der Waals surface area contributed by atoms with Gasteiger partial charge in [0.1, 0.15) is 0 Å². The van der Waals surface area contributed by atoms with E-state index in [1.165, 1.54) is 0 Å². The number of aliphatic hydroxyl groups is 1. The van der Waals surface area contributed by atoms with Crippen LogP contribution in [0, 0.1) is 10.8 Å². The highest BCUT2D eigenvalue weighted by molar-refractivity contribution is 5.89. The molecule has 104 valence electrons. The second-order valence-corrected chi connectivity index (χ2v) is 5.34. The van der Waals surface area contributed by atoms with Crippen LogP contribution in [0.2, 0.25) is 0 Å². The molecule has 1 aliphatic rings. The lowest BCUT2D eigenvalue weighted by molar-refractivity contribution is -0.0459. The van der Waals surface area contributed by atoms with Crippen LogP contribution in [-0.4, -0.2) is 36.7 Å². The smallest absolute Gasteiger partial charge is 0.0852 e. The summed E-state index contributed by atoms with van der Waals surface area (Å²) in [6, 6.07) is 10.00. The first kappa shape index (κ1) is 14.2. The summed E-state index contributed by atoms with van der Waals surface area (Å²) < 4.78 is 11.2. The molecule has 0 aromatic heterocycles. The van der Waals surface area contributed by atoms with E-state index in [0.29, 0.717) is 25.3 Å². The first-order valence-corrected chi connectivity index (χ1v) is 6.56.